The van der Waals surface area contributed by atoms with Gasteiger partial charge in [0.15, 0.2) is 0 Å². The standard InChI is InChI=1S/C15H30N2/c1-4-13-6-8-15(10-13,11-16)17-9-5-7-14(2,3)12-17/h13H,4-12,16H2,1-3H3. The molecule has 1 aliphatic carbocycles. The second-order valence-corrected chi connectivity index (χ2v) is 7.13. The Morgan fingerprint density at radius 3 is 2.59 bits per heavy atom. The molecule has 100 valence electrons. The van der Waals surface area contributed by atoms with Crippen LogP contribution in [0.4, 0.5) is 0 Å². The summed E-state index contributed by atoms with van der Waals surface area (Å²) in [6.45, 7) is 10.5. The van der Waals surface area contributed by atoms with Gasteiger partial charge in [0.25, 0.3) is 0 Å². The Labute approximate surface area is 107 Å². The van der Waals surface area contributed by atoms with Crippen molar-refractivity contribution < 1.29 is 0 Å². The van der Waals surface area contributed by atoms with Crippen molar-refractivity contribution in [3.63, 3.8) is 0 Å². The first-order chi connectivity index (χ1) is 8.01. The third kappa shape index (κ3) is 2.68. The van der Waals surface area contributed by atoms with E-state index in [1.54, 1.807) is 0 Å². The Bertz CT molecular complexity index is 262. The summed E-state index contributed by atoms with van der Waals surface area (Å²) >= 11 is 0. The second kappa shape index (κ2) is 4.89. The molecule has 0 amide bonds. The molecule has 1 heterocycles. The van der Waals surface area contributed by atoms with Gasteiger partial charge in [-0.1, -0.05) is 27.2 Å². The van der Waals surface area contributed by atoms with Gasteiger partial charge in [-0.2, -0.15) is 0 Å². The number of hydrogen-bond acceptors (Lipinski definition) is 2. The molecule has 0 aromatic carbocycles. The summed E-state index contributed by atoms with van der Waals surface area (Å²) in [6.07, 6.45) is 8.13. The largest absolute Gasteiger partial charge is 0.329 e. The molecule has 2 unspecified atom stereocenters. The monoisotopic (exact) mass is 238 g/mol. The van der Waals surface area contributed by atoms with E-state index in [4.69, 9.17) is 5.73 Å². The number of nitrogens with zero attached hydrogens (tertiary/aromatic N) is 1. The van der Waals surface area contributed by atoms with Gasteiger partial charge in [0.2, 0.25) is 0 Å². The smallest absolute Gasteiger partial charge is 0.0334 e. The van der Waals surface area contributed by atoms with Crippen LogP contribution in [-0.4, -0.2) is 30.1 Å². The summed E-state index contributed by atoms with van der Waals surface area (Å²) < 4.78 is 0. The van der Waals surface area contributed by atoms with Crippen LogP contribution in [0.5, 0.6) is 0 Å². The molecule has 0 radical (unpaired) electrons. The van der Waals surface area contributed by atoms with Gasteiger partial charge in [0, 0.05) is 18.6 Å². The van der Waals surface area contributed by atoms with Gasteiger partial charge in [-0.3, -0.25) is 4.90 Å². The molecule has 2 fully saturated rings. The third-order valence-corrected chi connectivity index (χ3v) is 5.22. The van der Waals surface area contributed by atoms with Gasteiger partial charge in [0.05, 0.1) is 0 Å². The minimum Gasteiger partial charge on any atom is -0.329 e. The van der Waals surface area contributed by atoms with Gasteiger partial charge in [-0.25, -0.2) is 0 Å². The molecule has 2 N–H and O–H groups in total. The Kier molecular flexibility index (Phi) is 3.84. The van der Waals surface area contributed by atoms with Crippen molar-refractivity contribution in [3.05, 3.63) is 0 Å². The maximum Gasteiger partial charge on any atom is 0.0334 e. The number of hydrogen-bond donors (Lipinski definition) is 1. The Morgan fingerprint density at radius 2 is 2.06 bits per heavy atom. The predicted molar refractivity (Wildman–Crippen MR) is 74.0 cm³/mol. The van der Waals surface area contributed by atoms with E-state index in [2.05, 4.69) is 25.7 Å². The normalized spacial score (nSPS) is 38.5. The van der Waals surface area contributed by atoms with E-state index in [1.807, 2.05) is 0 Å². The zero-order chi connectivity index (χ0) is 12.5. The van der Waals surface area contributed by atoms with Crippen molar-refractivity contribution in [2.45, 2.75) is 64.8 Å². The van der Waals surface area contributed by atoms with E-state index in [1.165, 1.54) is 51.6 Å². The molecule has 0 spiro atoms. The van der Waals surface area contributed by atoms with E-state index in [0.29, 0.717) is 11.0 Å². The summed E-state index contributed by atoms with van der Waals surface area (Å²) in [5, 5.41) is 0. The van der Waals surface area contributed by atoms with Crippen molar-refractivity contribution >= 4 is 0 Å². The fourth-order valence-corrected chi connectivity index (χ4v) is 3.99. The number of nitrogens with two attached hydrogens (primary N) is 1. The quantitative estimate of drug-likeness (QED) is 0.819. The molecule has 2 rings (SSSR count). The van der Waals surface area contributed by atoms with E-state index in [-0.39, 0.29) is 0 Å². The molecule has 0 aromatic rings. The van der Waals surface area contributed by atoms with Crippen LogP contribution in [0.1, 0.15) is 59.3 Å². The van der Waals surface area contributed by atoms with Crippen LogP contribution in [-0.2, 0) is 0 Å². The molecule has 1 saturated heterocycles. The lowest BCUT2D eigenvalue weighted by molar-refractivity contribution is 0.0193. The first-order valence-corrected chi connectivity index (χ1v) is 7.46. The molecule has 2 nitrogen and oxygen atoms in total. The van der Waals surface area contributed by atoms with Gasteiger partial charge in [-0.05, 0) is 50.0 Å². The first kappa shape index (κ1) is 13.4. The maximum absolute atomic E-state index is 6.16. The van der Waals surface area contributed by atoms with E-state index in [0.717, 1.165) is 12.5 Å². The fourth-order valence-electron chi connectivity index (χ4n) is 3.99. The Morgan fingerprint density at radius 1 is 1.29 bits per heavy atom. The van der Waals surface area contributed by atoms with Crippen molar-refractivity contribution in [3.8, 4) is 0 Å². The van der Waals surface area contributed by atoms with Crippen LogP contribution in [0.2, 0.25) is 0 Å². The summed E-state index contributed by atoms with van der Waals surface area (Å²) in [5.41, 5.74) is 7.00. The fraction of sp³-hybridized carbons (Fsp3) is 1.00. The lowest BCUT2D eigenvalue weighted by atomic mass is 9.80. The summed E-state index contributed by atoms with van der Waals surface area (Å²) in [6, 6.07) is 0. The van der Waals surface area contributed by atoms with Crippen LogP contribution in [0.3, 0.4) is 0 Å². The highest BCUT2D eigenvalue weighted by molar-refractivity contribution is 5.01. The minimum atomic E-state index is 0.346. The number of likely N-dealkylation sites (tertiary alicyclic amines) is 1. The topological polar surface area (TPSA) is 29.3 Å². The van der Waals surface area contributed by atoms with E-state index >= 15 is 0 Å². The predicted octanol–water partition coefficient (Wildman–Crippen LogP) is 3.02. The Balaban J connectivity index is 2.08. The van der Waals surface area contributed by atoms with Crippen molar-refractivity contribution in [2.75, 3.05) is 19.6 Å². The maximum atomic E-state index is 6.16. The van der Waals surface area contributed by atoms with Gasteiger partial charge in [0.1, 0.15) is 0 Å². The number of rotatable bonds is 3. The highest BCUT2D eigenvalue weighted by Gasteiger charge is 2.44. The molecular formula is C15H30N2. The SMILES string of the molecule is CCC1CCC(CN)(N2CCCC(C)(C)C2)C1. The van der Waals surface area contributed by atoms with E-state index in [9.17, 15) is 0 Å². The molecule has 2 aliphatic rings. The van der Waals surface area contributed by atoms with Crippen molar-refractivity contribution in [1.29, 1.82) is 0 Å². The summed E-state index contributed by atoms with van der Waals surface area (Å²) in [5.74, 6) is 0.920. The highest BCUT2D eigenvalue weighted by atomic mass is 15.2. The molecule has 2 heteroatoms. The van der Waals surface area contributed by atoms with Crippen LogP contribution in [0.15, 0.2) is 0 Å². The van der Waals surface area contributed by atoms with Gasteiger partial charge in [-0.15, -0.1) is 0 Å². The zero-order valence-electron chi connectivity index (χ0n) is 12.0. The molecule has 0 bridgehead atoms. The minimum absolute atomic E-state index is 0.346. The van der Waals surface area contributed by atoms with Crippen LogP contribution in [0, 0.1) is 11.3 Å². The first-order valence-electron chi connectivity index (χ1n) is 7.46. The zero-order valence-corrected chi connectivity index (χ0v) is 12.0. The molecule has 0 aromatic heterocycles. The molecule has 1 aliphatic heterocycles. The lowest BCUT2D eigenvalue weighted by Crippen LogP contribution is -2.57. The third-order valence-electron chi connectivity index (χ3n) is 5.22. The lowest BCUT2D eigenvalue weighted by Gasteiger charge is -2.48. The number of piperidine rings is 1. The van der Waals surface area contributed by atoms with Crippen molar-refractivity contribution in [1.82, 2.24) is 4.90 Å². The molecule has 1 saturated carbocycles. The summed E-state index contributed by atoms with van der Waals surface area (Å²) in [4.78, 5) is 2.74. The average molecular weight is 238 g/mol. The van der Waals surface area contributed by atoms with Crippen LogP contribution < -0.4 is 5.73 Å². The van der Waals surface area contributed by atoms with Gasteiger partial charge < -0.3 is 5.73 Å². The average Bonchev–Trinajstić information content (AvgIpc) is 2.72. The van der Waals surface area contributed by atoms with Crippen LogP contribution >= 0.6 is 0 Å². The highest BCUT2D eigenvalue weighted by Crippen LogP contribution is 2.43. The summed E-state index contributed by atoms with van der Waals surface area (Å²) in [7, 11) is 0. The molecule has 2 atom stereocenters. The van der Waals surface area contributed by atoms with Crippen LogP contribution in [0.25, 0.3) is 0 Å². The molecular weight excluding hydrogens is 208 g/mol. The van der Waals surface area contributed by atoms with Gasteiger partial charge >= 0.3 is 0 Å². The Hall–Kier alpha value is -0.0800. The van der Waals surface area contributed by atoms with Crippen molar-refractivity contribution in [2.24, 2.45) is 17.1 Å². The molecule has 17 heavy (non-hydrogen) atoms. The second-order valence-electron chi connectivity index (χ2n) is 7.13. The van der Waals surface area contributed by atoms with E-state index < -0.39 is 0 Å².